The average Bonchev–Trinajstić information content (AvgIpc) is 2.51. The number of rotatable bonds is 7. The monoisotopic (exact) mass is 321 g/mol. The number of hydrogen-bond donors (Lipinski definition) is 3. The van der Waals surface area contributed by atoms with Gasteiger partial charge < -0.3 is 10.1 Å². The lowest BCUT2D eigenvalue weighted by Crippen LogP contribution is -2.46. The molecule has 0 aromatic heterocycles. The molecule has 0 aliphatic heterocycles. The topological polar surface area (TPSA) is 62.4 Å². The minimum absolute atomic E-state index is 0.267. The molecule has 1 aromatic rings. The fourth-order valence-electron chi connectivity index (χ4n) is 1.51. The highest BCUT2D eigenvalue weighted by molar-refractivity contribution is 7.80. The first-order chi connectivity index (χ1) is 10.5. The van der Waals surface area contributed by atoms with E-state index in [-0.39, 0.29) is 5.91 Å². The molecule has 0 spiro atoms. The molecule has 0 fully saturated rings. The molecular formula is C16H23N3O2S. The summed E-state index contributed by atoms with van der Waals surface area (Å²) in [5.74, 6) is 1.10. The molecule has 0 atom stereocenters. The zero-order valence-corrected chi connectivity index (χ0v) is 13.8. The van der Waals surface area contributed by atoms with Crippen LogP contribution in [0.4, 0.5) is 0 Å². The summed E-state index contributed by atoms with van der Waals surface area (Å²) in [4.78, 5) is 11.9. The van der Waals surface area contributed by atoms with Gasteiger partial charge in [0.1, 0.15) is 5.75 Å². The van der Waals surface area contributed by atoms with Gasteiger partial charge in [-0.15, -0.1) is 6.58 Å². The minimum atomic E-state index is -0.267. The molecule has 1 aromatic carbocycles. The summed E-state index contributed by atoms with van der Waals surface area (Å²) < 4.78 is 5.61. The van der Waals surface area contributed by atoms with E-state index in [9.17, 15) is 4.79 Å². The number of nitrogens with one attached hydrogen (secondary N) is 3. The van der Waals surface area contributed by atoms with Crippen molar-refractivity contribution in [1.29, 1.82) is 0 Å². The summed E-state index contributed by atoms with van der Waals surface area (Å²) >= 11 is 4.97. The van der Waals surface area contributed by atoms with Crippen LogP contribution in [0.15, 0.2) is 36.9 Å². The summed E-state index contributed by atoms with van der Waals surface area (Å²) in [6.07, 6.45) is 2.68. The number of hydrogen-bond acceptors (Lipinski definition) is 3. The number of carbonyl (C=O) groups is 1. The first kappa shape index (κ1) is 18.0. The van der Waals surface area contributed by atoms with Crippen LogP contribution in [-0.4, -0.2) is 24.2 Å². The van der Waals surface area contributed by atoms with Crippen molar-refractivity contribution in [1.82, 2.24) is 16.2 Å². The summed E-state index contributed by atoms with van der Waals surface area (Å²) in [5.41, 5.74) is 5.66. The first-order valence-corrected chi connectivity index (χ1v) is 7.61. The Labute approximate surface area is 137 Å². The van der Waals surface area contributed by atoms with Crippen LogP contribution in [0.25, 0.3) is 0 Å². The Balaban J connectivity index is 2.40. The molecule has 22 heavy (non-hydrogen) atoms. The smallest absolute Gasteiger partial charge is 0.269 e. The van der Waals surface area contributed by atoms with Crippen LogP contribution in [0, 0.1) is 5.92 Å². The minimum Gasteiger partial charge on any atom is -0.494 e. The Morgan fingerprint density at radius 3 is 2.59 bits per heavy atom. The van der Waals surface area contributed by atoms with Crippen molar-refractivity contribution in [2.75, 3.05) is 13.2 Å². The highest BCUT2D eigenvalue weighted by atomic mass is 32.1. The molecule has 0 saturated heterocycles. The second-order valence-corrected chi connectivity index (χ2v) is 5.54. The number of carbonyl (C=O) groups excluding carboxylic acids is 1. The zero-order valence-electron chi connectivity index (χ0n) is 13.0. The maximum Gasteiger partial charge on any atom is 0.269 e. The Bertz CT molecular complexity index is 501. The fourth-order valence-corrected chi connectivity index (χ4v) is 1.64. The molecular weight excluding hydrogens is 298 g/mol. The molecule has 0 unspecified atom stereocenters. The highest BCUT2D eigenvalue weighted by Crippen LogP contribution is 2.13. The Morgan fingerprint density at radius 1 is 1.32 bits per heavy atom. The number of benzene rings is 1. The van der Waals surface area contributed by atoms with Gasteiger partial charge in [0.15, 0.2) is 5.11 Å². The fraction of sp³-hybridized carbons (Fsp3) is 0.375. The Morgan fingerprint density at radius 2 is 2.00 bits per heavy atom. The predicted molar refractivity (Wildman–Crippen MR) is 92.8 cm³/mol. The quantitative estimate of drug-likeness (QED) is 0.409. The third kappa shape index (κ3) is 7.08. The summed E-state index contributed by atoms with van der Waals surface area (Å²) in [6, 6.07) is 6.98. The second kappa shape index (κ2) is 9.78. The molecule has 5 nitrogen and oxygen atoms in total. The van der Waals surface area contributed by atoms with Crippen LogP contribution in [-0.2, 0) is 0 Å². The molecule has 1 amide bonds. The lowest BCUT2D eigenvalue weighted by Gasteiger charge is -2.11. The van der Waals surface area contributed by atoms with Crippen molar-refractivity contribution < 1.29 is 9.53 Å². The van der Waals surface area contributed by atoms with Gasteiger partial charge in [-0.3, -0.25) is 15.6 Å². The van der Waals surface area contributed by atoms with Gasteiger partial charge in [0.25, 0.3) is 5.91 Å². The first-order valence-electron chi connectivity index (χ1n) is 7.21. The van der Waals surface area contributed by atoms with Crippen LogP contribution in [0.2, 0.25) is 0 Å². The van der Waals surface area contributed by atoms with Gasteiger partial charge in [-0.1, -0.05) is 19.9 Å². The lowest BCUT2D eigenvalue weighted by atomic mass is 10.1. The van der Waals surface area contributed by atoms with Crippen molar-refractivity contribution in [2.24, 2.45) is 5.92 Å². The van der Waals surface area contributed by atoms with E-state index in [1.807, 2.05) is 0 Å². The number of ether oxygens (including phenoxy) is 1. The predicted octanol–water partition coefficient (Wildman–Crippen LogP) is 2.41. The van der Waals surface area contributed by atoms with Gasteiger partial charge in [-0.05, 0) is 48.8 Å². The van der Waals surface area contributed by atoms with E-state index in [1.54, 1.807) is 30.3 Å². The van der Waals surface area contributed by atoms with Crippen LogP contribution < -0.4 is 20.9 Å². The third-order valence-electron chi connectivity index (χ3n) is 2.78. The van der Waals surface area contributed by atoms with Crippen LogP contribution in [0.1, 0.15) is 30.6 Å². The van der Waals surface area contributed by atoms with Crippen molar-refractivity contribution in [3.63, 3.8) is 0 Å². The van der Waals surface area contributed by atoms with E-state index < -0.39 is 0 Å². The molecule has 0 bridgehead atoms. The summed E-state index contributed by atoms with van der Waals surface area (Å²) in [5, 5.41) is 3.18. The van der Waals surface area contributed by atoms with Crippen molar-refractivity contribution >= 4 is 23.2 Å². The van der Waals surface area contributed by atoms with E-state index in [1.165, 1.54) is 0 Å². The van der Waals surface area contributed by atoms with E-state index >= 15 is 0 Å². The van der Waals surface area contributed by atoms with Gasteiger partial charge in [0, 0.05) is 12.1 Å². The molecule has 3 N–H and O–H groups in total. The maximum atomic E-state index is 11.9. The van der Waals surface area contributed by atoms with E-state index in [2.05, 4.69) is 36.6 Å². The third-order valence-corrected chi connectivity index (χ3v) is 3.02. The Kier molecular flexibility index (Phi) is 7.99. The lowest BCUT2D eigenvalue weighted by molar-refractivity contribution is 0.0943. The van der Waals surface area contributed by atoms with Gasteiger partial charge >= 0.3 is 0 Å². The van der Waals surface area contributed by atoms with E-state index in [4.69, 9.17) is 17.0 Å². The highest BCUT2D eigenvalue weighted by Gasteiger charge is 2.06. The normalized spacial score (nSPS) is 9.95. The number of thiocarbonyl (C=S) groups is 1. The molecule has 0 aliphatic carbocycles. The van der Waals surface area contributed by atoms with Gasteiger partial charge in [0.2, 0.25) is 0 Å². The average molecular weight is 321 g/mol. The molecule has 6 heteroatoms. The van der Waals surface area contributed by atoms with E-state index in [0.717, 1.165) is 12.2 Å². The van der Waals surface area contributed by atoms with Crippen LogP contribution in [0.3, 0.4) is 0 Å². The number of amides is 1. The Hall–Kier alpha value is -2.08. The number of hydrazine groups is 1. The zero-order chi connectivity index (χ0) is 16.4. The van der Waals surface area contributed by atoms with Gasteiger partial charge in [-0.25, -0.2) is 0 Å². The molecule has 0 heterocycles. The molecule has 0 saturated carbocycles. The molecule has 0 radical (unpaired) electrons. The van der Waals surface area contributed by atoms with E-state index in [0.29, 0.717) is 29.7 Å². The second-order valence-electron chi connectivity index (χ2n) is 5.13. The molecule has 1 rings (SSSR count). The standard InChI is InChI=1S/C16H23N3O2S/c1-4-10-17-16(22)19-18-15(20)13-5-7-14(8-6-13)21-11-9-12(2)3/h4-8,12H,1,9-11H2,2-3H3,(H,18,20)(H2,17,19,22). The van der Waals surface area contributed by atoms with Crippen LogP contribution >= 0.6 is 12.2 Å². The molecule has 120 valence electrons. The summed E-state index contributed by atoms with van der Waals surface area (Å²) in [6.45, 7) is 9.07. The van der Waals surface area contributed by atoms with Crippen molar-refractivity contribution in [2.45, 2.75) is 20.3 Å². The summed E-state index contributed by atoms with van der Waals surface area (Å²) in [7, 11) is 0. The van der Waals surface area contributed by atoms with Crippen molar-refractivity contribution in [3.8, 4) is 5.75 Å². The van der Waals surface area contributed by atoms with Crippen LogP contribution in [0.5, 0.6) is 5.75 Å². The largest absolute Gasteiger partial charge is 0.494 e. The molecule has 0 aliphatic rings. The van der Waals surface area contributed by atoms with Gasteiger partial charge in [-0.2, -0.15) is 0 Å². The SMILES string of the molecule is C=CCNC(=S)NNC(=O)c1ccc(OCCC(C)C)cc1. The van der Waals surface area contributed by atoms with Crippen molar-refractivity contribution in [3.05, 3.63) is 42.5 Å². The van der Waals surface area contributed by atoms with Gasteiger partial charge in [0.05, 0.1) is 6.61 Å². The maximum absolute atomic E-state index is 11.9.